The summed E-state index contributed by atoms with van der Waals surface area (Å²) in [6.45, 7) is 10.0. The summed E-state index contributed by atoms with van der Waals surface area (Å²) in [5, 5.41) is 0. The number of pyridine rings is 1. The third kappa shape index (κ3) is 5.56. The van der Waals surface area contributed by atoms with Gasteiger partial charge in [-0.3, -0.25) is 14.6 Å². The first-order valence-electron chi connectivity index (χ1n) is 10.6. The van der Waals surface area contributed by atoms with E-state index in [4.69, 9.17) is 0 Å². The maximum absolute atomic E-state index is 13.2. The van der Waals surface area contributed by atoms with Gasteiger partial charge in [-0.05, 0) is 41.2 Å². The Bertz CT molecular complexity index is 862. The van der Waals surface area contributed by atoms with Gasteiger partial charge in [-0.2, -0.15) is 0 Å². The lowest BCUT2D eigenvalue weighted by Crippen LogP contribution is -2.38. The average Bonchev–Trinajstić information content (AvgIpc) is 2.89. The van der Waals surface area contributed by atoms with Crippen molar-refractivity contribution in [3.63, 3.8) is 0 Å². The van der Waals surface area contributed by atoms with Crippen molar-refractivity contribution in [3.05, 3.63) is 67.0 Å². The van der Waals surface area contributed by atoms with Crippen molar-refractivity contribution < 1.29 is 9.59 Å². The number of aromatic nitrogens is 1. The largest absolute Gasteiger partial charge is 0.340 e. The molecule has 0 saturated carbocycles. The molecular weight excluding hydrogens is 374 g/mol. The summed E-state index contributed by atoms with van der Waals surface area (Å²) in [5.41, 5.74) is 3.34. The van der Waals surface area contributed by atoms with Gasteiger partial charge in [0.25, 0.3) is 0 Å². The van der Waals surface area contributed by atoms with Gasteiger partial charge in [0.2, 0.25) is 11.8 Å². The molecule has 1 aliphatic rings. The SMILES string of the molecule is C=CCN1CCN(C(=O)CC(C)C)CC(Cc2ccc(-c3ccncc3)cc2)C1=O. The molecule has 5 nitrogen and oxygen atoms in total. The lowest BCUT2D eigenvalue weighted by molar-refractivity contribution is -0.134. The van der Waals surface area contributed by atoms with E-state index in [1.54, 1.807) is 18.5 Å². The van der Waals surface area contributed by atoms with Crippen LogP contribution in [-0.4, -0.2) is 52.8 Å². The van der Waals surface area contributed by atoms with Crippen LogP contribution >= 0.6 is 0 Å². The zero-order valence-corrected chi connectivity index (χ0v) is 18.0. The second-order valence-electron chi connectivity index (χ2n) is 8.34. The van der Waals surface area contributed by atoms with Crippen LogP contribution in [-0.2, 0) is 16.0 Å². The zero-order chi connectivity index (χ0) is 21.5. The highest BCUT2D eigenvalue weighted by Gasteiger charge is 2.31. The molecule has 2 heterocycles. The van der Waals surface area contributed by atoms with Crippen LogP contribution in [0.1, 0.15) is 25.8 Å². The summed E-state index contributed by atoms with van der Waals surface area (Å²) in [4.78, 5) is 33.6. The molecule has 0 aliphatic carbocycles. The number of carbonyl (C=O) groups excluding carboxylic acids is 2. The normalized spacial score (nSPS) is 17.2. The number of rotatable bonds is 7. The molecule has 3 rings (SSSR count). The molecule has 2 aromatic rings. The fourth-order valence-electron chi connectivity index (χ4n) is 3.90. The predicted octanol–water partition coefficient (Wildman–Crippen LogP) is 3.81. The molecule has 1 unspecified atom stereocenters. The third-order valence-corrected chi connectivity index (χ3v) is 5.48. The fraction of sp³-hybridized carbons (Fsp3) is 0.400. The molecule has 1 atom stereocenters. The summed E-state index contributed by atoms with van der Waals surface area (Å²) >= 11 is 0. The van der Waals surface area contributed by atoms with Gasteiger partial charge in [0, 0.05) is 45.0 Å². The maximum Gasteiger partial charge on any atom is 0.228 e. The minimum atomic E-state index is -0.240. The Morgan fingerprint density at radius 2 is 1.80 bits per heavy atom. The number of nitrogens with zero attached hydrogens (tertiary/aromatic N) is 3. The average molecular weight is 406 g/mol. The molecule has 30 heavy (non-hydrogen) atoms. The molecule has 1 fully saturated rings. The van der Waals surface area contributed by atoms with E-state index in [0.717, 1.165) is 16.7 Å². The summed E-state index contributed by atoms with van der Waals surface area (Å²) < 4.78 is 0. The highest BCUT2D eigenvalue weighted by atomic mass is 16.2. The van der Waals surface area contributed by atoms with Crippen molar-refractivity contribution >= 4 is 11.8 Å². The first-order valence-corrected chi connectivity index (χ1v) is 10.6. The van der Waals surface area contributed by atoms with E-state index in [1.807, 2.05) is 35.8 Å². The van der Waals surface area contributed by atoms with E-state index in [-0.39, 0.29) is 17.7 Å². The Kier molecular flexibility index (Phi) is 7.39. The molecular formula is C25H31N3O2. The fourth-order valence-corrected chi connectivity index (χ4v) is 3.90. The summed E-state index contributed by atoms with van der Waals surface area (Å²) in [6, 6.07) is 12.3. The number of carbonyl (C=O) groups is 2. The topological polar surface area (TPSA) is 53.5 Å². The van der Waals surface area contributed by atoms with E-state index >= 15 is 0 Å². The van der Waals surface area contributed by atoms with Gasteiger partial charge in [-0.25, -0.2) is 0 Å². The number of hydrogen-bond donors (Lipinski definition) is 0. The van der Waals surface area contributed by atoms with Crippen molar-refractivity contribution in [1.29, 1.82) is 0 Å². The first-order chi connectivity index (χ1) is 14.5. The van der Waals surface area contributed by atoms with Gasteiger partial charge in [0.05, 0.1) is 5.92 Å². The standard InChI is InChI=1S/C25H31N3O2/c1-4-13-27-14-15-28(24(29)16-19(2)3)18-23(25(27)30)17-20-5-7-21(8-6-20)22-9-11-26-12-10-22/h4-12,19,23H,1,13-18H2,2-3H3. The van der Waals surface area contributed by atoms with Crippen LogP contribution in [0.15, 0.2) is 61.4 Å². The molecule has 1 aromatic carbocycles. The van der Waals surface area contributed by atoms with E-state index < -0.39 is 0 Å². The molecule has 1 aliphatic heterocycles. The Balaban J connectivity index is 1.77. The Morgan fingerprint density at radius 3 is 2.43 bits per heavy atom. The Morgan fingerprint density at radius 1 is 1.13 bits per heavy atom. The van der Waals surface area contributed by atoms with Crippen molar-refractivity contribution in [1.82, 2.24) is 14.8 Å². The van der Waals surface area contributed by atoms with Gasteiger partial charge < -0.3 is 9.80 Å². The molecule has 1 saturated heterocycles. The number of hydrogen-bond acceptors (Lipinski definition) is 3. The quantitative estimate of drug-likeness (QED) is 0.658. The van der Waals surface area contributed by atoms with Crippen molar-refractivity contribution in [3.8, 4) is 11.1 Å². The van der Waals surface area contributed by atoms with E-state index in [1.165, 1.54) is 0 Å². The molecule has 0 bridgehead atoms. The van der Waals surface area contributed by atoms with Gasteiger partial charge in [0.15, 0.2) is 0 Å². The second-order valence-corrected chi connectivity index (χ2v) is 8.34. The van der Waals surface area contributed by atoms with Crippen LogP contribution in [0.4, 0.5) is 0 Å². The molecule has 2 amide bonds. The highest BCUT2D eigenvalue weighted by molar-refractivity contribution is 5.82. The summed E-state index contributed by atoms with van der Waals surface area (Å²) in [6.07, 6.45) is 6.45. The first kappa shape index (κ1) is 21.8. The van der Waals surface area contributed by atoms with Crippen molar-refractivity contribution in [2.75, 3.05) is 26.2 Å². The monoisotopic (exact) mass is 405 g/mol. The molecule has 158 valence electrons. The van der Waals surface area contributed by atoms with Gasteiger partial charge in [-0.1, -0.05) is 44.2 Å². The summed E-state index contributed by atoms with van der Waals surface area (Å²) in [5.74, 6) is 0.305. The third-order valence-electron chi connectivity index (χ3n) is 5.48. The highest BCUT2D eigenvalue weighted by Crippen LogP contribution is 2.22. The maximum atomic E-state index is 13.2. The van der Waals surface area contributed by atoms with Crippen LogP contribution in [0.3, 0.4) is 0 Å². The molecule has 1 aromatic heterocycles. The zero-order valence-electron chi connectivity index (χ0n) is 18.0. The number of amides is 2. The molecule has 5 heteroatoms. The lowest BCUT2D eigenvalue weighted by Gasteiger charge is -2.24. The van der Waals surface area contributed by atoms with Gasteiger partial charge >= 0.3 is 0 Å². The Hall–Kier alpha value is -2.95. The van der Waals surface area contributed by atoms with Crippen LogP contribution in [0, 0.1) is 11.8 Å². The smallest absolute Gasteiger partial charge is 0.228 e. The molecule has 0 spiro atoms. The van der Waals surface area contributed by atoms with Crippen LogP contribution in [0.25, 0.3) is 11.1 Å². The van der Waals surface area contributed by atoms with Crippen LogP contribution in [0.5, 0.6) is 0 Å². The second kappa shape index (κ2) is 10.2. The van der Waals surface area contributed by atoms with Crippen LogP contribution < -0.4 is 0 Å². The van der Waals surface area contributed by atoms with Gasteiger partial charge in [0.1, 0.15) is 0 Å². The minimum Gasteiger partial charge on any atom is -0.340 e. The van der Waals surface area contributed by atoms with Crippen molar-refractivity contribution in [2.45, 2.75) is 26.7 Å². The summed E-state index contributed by atoms with van der Waals surface area (Å²) in [7, 11) is 0. The van der Waals surface area contributed by atoms with E-state index in [2.05, 4.69) is 35.8 Å². The molecule has 0 radical (unpaired) electrons. The predicted molar refractivity (Wildman–Crippen MR) is 120 cm³/mol. The van der Waals surface area contributed by atoms with E-state index in [9.17, 15) is 9.59 Å². The Labute approximate surface area is 179 Å². The van der Waals surface area contributed by atoms with E-state index in [0.29, 0.717) is 44.9 Å². The van der Waals surface area contributed by atoms with Crippen molar-refractivity contribution in [2.24, 2.45) is 11.8 Å². The van der Waals surface area contributed by atoms with Crippen LogP contribution in [0.2, 0.25) is 0 Å². The minimum absolute atomic E-state index is 0.105. The molecule has 0 N–H and O–H groups in total. The number of benzene rings is 1. The lowest BCUT2D eigenvalue weighted by atomic mass is 9.95. The van der Waals surface area contributed by atoms with Gasteiger partial charge in [-0.15, -0.1) is 6.58 Å².